The van der Waals surface area contributed by atoms with Gasteiger partial charge < -0.3 is 10.6 Å². The van der Waals surface area contributed by atoms with E-state index in [-0.39, 0.29) is 11.9 Å². The Morgan fingerprint density at radius 1 is 1.23 bits per heavy atom. The Balaban J connectivity index is 1.80. The van der Waals surface area contributed by atoms with Crippen LogP contribution >= 0.6 is 27.7 Å². The molecule has 1 atom stereocenters. The van der Waals surface area contributed by atoms with Crippen LogP contribution in [0.5, 0.6) is 0 Å². The van der Waals surface area contributed by atoms with Gasteiger partial charge in [0.2, 0.25) is 11.1 Å². The first-order chi connectivity index (χ1) is 14.5. The summed E-state index contributed by atoms with van der Waals surface area (Å²) in [6, 6.07) is 15.3. The number of thioether (sulfide) groups is 1. The van der Waals surface area contributed by atoms with E-state index < -0.39 is 0 Å². The zero-order valence-electron chi connectivity index (χ0n) is 16.9. The standard InChI is InChI=1S/C22H22BrN5OS/c1-4-30-22-26-21-24-14(3)18(20(29)25-17-11-6-5-8-13(17)2)19(28(21)27-22)15-9-7-10-16(23)12-15/h5-12,19H,4H2,1-3H3,(H,25,29)(H,24,26,27)/t19-/m1/s1. The highest BCUT2D eigenvalue weighted by molar-refractivity contribution is 9.10. The van der Waals surface area contributed by atoms with Gasteiger partial charge in [0, 0.05) is 15.9 Å². The average Bonchev–Trinajstić information content (AvgIpc) is 3.10. The van der Waals surface area contributed by atoms with Crippen molar-refractivity contribution in [1.82, 2.24) is 14.8 Å². The van der Waals surface area contributed by atoms with Crippen molar-refractivity contribution in [2.45, 2.75) is 32.0 Å². The Hall–Kier alpha value is -2.58. The molecule has 4 rings (SSSR count). The third kappa shape index (κ3) is 4.02. The second-order valence-electron chi connectivity index (χ2n) is 6.99. The second-order valence-corrected chi connectivity index (χ2v) is 9.13. The molecule has 1 aliphatic heterocycles. The first-order valence-corrected chi connectivity index (χ1v) is 11.5. The van der Waals surface area contributed by atoms with E-state index in [1.165, 1.54) is 0 Å². The molecule has 0 spiro atoms. The molecule has 8 heteroatoms. The molecule has 0 aliphatic carbocycles. The van der Waals surface area contributed by atoms with Crippen LogP contribution in [0.25, 0.3) is 0 Å². The van der Waals surface area contributed by atoms with Crippen molar-refractivity contribution in [3.05, 3.63) is 75.4 Å². The van der Waals surface area contributed by atoms with Gasteiger partial charge in [0.25, 0.3) is 5.91 Å². The minimum Gasteiger partial charge on any atom is -0.328 e. The lowest BCUT2D eigenvalue weighted by atomic mass is 9.95. The van der Waals surface area contributed by atoms with Crippen molar-refractivity contribution in [2.75, 3.05) is 16.4 Å². The highest BCUT2D eigenvalue weighted by Gasteiger charge is 2.34. The molecule has 2 N–H and O–H groups in total. The lowest BCUT2D eigenvalue weighted by Crippen LogP contribution is -2.31. The number of rotatable bonds is 5. The number of carbonyl (C=O) groups excluding carboxylic acids is 1. The number of para-hydroxylation sites is 1. The Morgan fingerprint density at radius 3 is 2.77 bits per heavy atom. The molecule has 154 valence electrons. The lowest BCUT2D eigenvalue weighted by Gasteiger charge is -2.29. The monoisotopic (exact) mass is 483 g/mol. The van der Waals surface area contributed by atoms with Crippen LogP contribution < -0.4 is 10.6 Å². The van der Waals surface area contributed by atoms with Crippen LogP contribution in [0, 0.1) is 6.92 Å². The van der Waals surface area contributed by atoms with Crippen molar-refractivity contribution >= 4 is 45.2 Å². The van der Waals surface area contributed by atoms with Gasteiger partial charge in [-0.1, -0.05) is 64.9 Å². The molecular weight excluding hydrogens is 462 g/mol. The van der Waals surface area contributed by atoms with Crippen molar-refractivity contribution in [3.63, 3.8) is 0 Å². The van der Waals surface area contributed by atoms with E-state index in [1.54, 1.807) is 16.4 Å². The fraction of sp³-hybridized carbons (Fsp3) is 0.227. The molecule has 0 bridgehead atoms. The SMILES string of the molecule is CCSc1nc2n(n1)[C@H](c1cccc(Br)c1)C(C(=O)Nc1ccccc1C)=C(C)N2. The van der Waals surface area contributed by atoms with Gasteiger partial charge in [0.1, 0.15) is 6.04 Å². The summed E-state index contributed by atoms with van der Waals surface area (Å²) < 4.78 is 2.75. The number of aryl methyl sites for hydroxylation is 1. The highest BCUT2D eigenvalue weighted by atomic mass is 79.9. The molecule has 0 unspecified atom stereocenters. The smallest absolute Gasteiger partial charge is 0.255 e. The van der Waals surface area contributed by atoms with Crippen LogP contribution in [0.15, 0.2) is 69.4 Å². The maximum absolute atomic E-state index is 13.5. The molecular formula is C22H22BrN5OS. The van der Waals surface area contributed by atoms with Crippen LogP contribution in [0.4, 0.5) is 11.6 Å². The molecule has 1 amide bonds. The predicted molar refractivity (Wildman–Crippen MR) is 125 cm³/mol. The summed E-state index contributed by atoms with van der Waals surface area (Å²) in [5.41, 5.74) is 4.14. The van der Waals surface area contributed by atoms with Crippen molar-refractivity contribution in [1.29, 1.82) is 0 Å². The number of halogens is 1. The van der Waals surface area contributed by atoms with Crippen molar-refractivity contribution < 1.29 is 4.79 Å². The normalized spacial score (nSPS) is 15.5. The zero-order valence-corrected chi connectivity index (χ0v) is 19.3. The van der Waals surface area contributed by atoms with E-state index in [2.05, 4.69) is 38.5 Å². The number of anilines is 2. The first kappa shape index (κ1) is 20.7. The number of hydrogen-bond donors (Lipinski definition) is 2. The number of aromatic nitrogens is 3. The molecule has 6 nitrogen and oxygen atoms in total. The van der Waals surface area contributed by atoms with Crippen LogP contribution in [-0.4, -0.2) is 26.4 Å². The van der Waals surface area contributed by atoms with Crippen molar-refractivity contribution in [3.8, 4) is 0 Å². The fourth-order valence-corrected chi connectivity index (χ4v) is 4.48. The number of allylic oxidation sites excluding steroid dienone is 1. The van der Waals surface area contributed by atoms with E-state index in [0.29, 0.717) is 16.7 Å². The lowest BCUT2D eigenvalue weighted by molar-refractivity contribution is -0.113. The van der Waals surface area contributed by atoms with E-state index in [1.807, 2.05) is 62.4 Å². The van der Waals surface area contributed by atoms with Gasteiger partial charge in [-0.25, -0.2) is 4.68 Å². The topological polar surface area (TPSA) is 71.8 Å². The van der Waals surface area contributed by atoms with E-state index in [0.717, 1.165) is 32.7 Å². The summed E-state index contributed by atoms with van der Waals surface area (Å²) in [5.74, 6) is 1.35. The summed E-state index contributed by atoms with van der Waals surface area (Å²) in [5, 5.41) is 11.7. The van der Waals surface area contributed by atoms with Crippen LogP contribution in [0.1, 0.15) is 31.0 Å². The number of amides is 1. The van der Waals surface area contributed by atoms with Crippen LogP contribution in [0.3, 0.4) is 0 Å². The number of nitrogens with one attached hydrogen (secondary N) is 2. The number of hydrogen-bond acceptors (Lipinski definition) is 5. The predicted octanol–water partition coefficient (Wildman–Crippen LogP) is 5.39. The van der Waals surface area contributed by atoms with Crippen molar-refractivity contribution in [2.24, 2.45) is 0 Å². The quantitative estimate of drug-likeness (QED) is 0.476. The largest absolute Gasteiger partial charge is 0.328 e. The van der Waals surface area contributed by atoms with E-state index in [4.69, 9.17) is 5.10 Å². The summed E-state index contributed by atoms with van der Waals surface area (Å²) in [6.07, 6.45) is 0. The maximum Gasteiger partial charge on any atom is 0.255 e. The Kier molecular flexibility index (Phi) is 5.97. The fourth-order valence-electron chi connectivity index (χ4n) is 3.50. The summed E-state index contributed by atoms with van der Waals surface area (Å²) in [4.78, 5) is 18.1. The third-order valence-corrected chi connectivity index (χ3v) is 6.12. The van der Waals surface area contributed by atoms with Gasteiger partial charge in [0.05, 0.1) is 5.57 Å². The van der Waals surface area contributed by atoms with E-state index >= 15 is 0 Å². The number of nitrogens with zero attached hydrogens (tertiary/aromatic N) is 3. The van der Waals surface area contributed by atoms with E-state index in [9.17, 15) is 4.79 Å². The molecule has 3 aromatic rings. The highest BCUT2D eigenvalue weighted by Crippen LogP contribution is 2.37. The minimum atomic E-state index is -0.388. The van der Waals surface area contributed by atoms with Crippen LogP contribution in [-0.2, 0) is 4.79 Å². The summed E-state index contributed by atoms with van der Waals surface area (Å²) >= 11 is 5.13. The molecule has 1 aromatic heterocycles. The Labute approximate surface area is 188 Å². The zero-order chi connectivity index (χ0) is 21.3. The van der Waals surface area contributed by atoms with Gasteiger partial charge in [-0.05, 0) is 48.9 Å². The summed E-state index contributed by atoms with van der Waals surface area (Å²) in [7, 11) is 0. The average molecular weight is 484 g/mol. The van der Waals surface area contributed by atoms with Crippen LogP contribution in [0.2, 0.25) is 0 Å². The van der Waals surface area contributed by atoms with Gasteiger partial charge in [-0.2, -0.15) is 4.98 Å². The minimum absolute atomic E-state index is 0.162. The van der Waals surface area contributed by atoms with Gasteiger partial charge in [-0.3, -0.25) is 4.79 Å². The molecule has 0 saturated carbocycles. The second kappa shape index (κ2) is 8.65. The maximum atomic E-state index is 13.5. The molecule has 2 aromatic carbocycles. The molecule has 0 radical (unpaired) electrons. The molecule has 30 heavy (non-hydrogen) atoms. The molecule has 0 saturated heterocycles. The number of benzene rings is 2. The Morgan fingerprint density at radius 2 is 2.03 bits per heavy atom. The first-order valence-electron chi connectivity index (χ1n) is 9.67. The number of carbonyl (C=O) groups is 1. The van der Waals surface area contributed by atoms with Gasteiger partial charge in [0.15, 0.2) is 0 Å². The Bertz CT molecular complexity index is 1140. The molecule has 0 fully saturated rings. The molecule has 1 aliphatic rings. The van der Waals surface area contributed by atoms with Gasteiger partial charge in [-0.15, -0.1) is 5.10 Å². The number of fused-ring (bicyclic) bond motifs is 1. The molecule has 2 heterocycles. The summed E-state index contributed by atoms with van der Waals surface area (Å²) in [6.45, 7) is 5.95. The third-order valence-electron chi connectivity index (χ3n) is 4.91. The van der Waals surface area contributed by atoms with Gasteiger partial charge >= 0.3 is 0 Å².